The van der Waals surface area contributed by atoms with Gasteiger partial charge in [-0.2, -0.15) is 5.26 Å². The molecule has 3 rings (SSSR count). The molecule has 0 N–H and O–H groups in total. The van der Waals surface area contributed by atoms with E-state index in [-0.39, 0.29) is 0 Å². The SMILES string of the molecule is N#Cc1ccc(-c2csc(-c3ccncc3)n2)cc1. The van der Waals surface area contributed by atoms with Gasteiger partial charge in [0.15, 0.2) is 0 Å². The average molecular weight is 263 g/mol. The zero-order valence-corrected chi connectivity index (χ0v) is 10.8. The molecule has 2 aromatic heterocycles. The average Bonchev–Trinajstić information content (AvgIpc) is 2.98. The normalized spacial score (nSPS) is 10.1. The van der Waals surface area contributed by atoms with Gasteiger partial charge in [-0.1, -0.05) is 12.1 Å². The topological polar surface area (TPSA) is 49.6 Å². The van der Waals surface area contributed by atoms with Crippen molar-refractivity contribution in [2.45, 2.75) is 0 Å². The highest BCUT2D eigenvalue weighted by Gasteiger charge is 2.06. The quantitative estimate of drug-likeness (QED) is 0.707. The van der Waals surface area contributed by atoms with Crippen LogP contribution in [0.15, 0.2) is 54.2 Å². The van der Waals surface area contributed by atoms with Crippen LogP contribution in [-0.4, -0.2) is 9.97 Å². The third kappa shape index (κ3) is 2.37. The second-order valence-corrected chi connectivity index (χ2v) is 4.82. The number of aromatic nitrogens is 2. The van der Waals surface area contributed by atoms with Gasteiger partial charge in [-0.3, -0.25) is 4.98 Å². The smallest absolute Gasteiger partial charge is 0.124 e. The second-order valence-electron chi connectivity index (χ2n) is 3.96. The highest BCUT2D eigenvalue weighted by Crippen LogP contribution is 2.28. The molecule has 0 amide bonds. The molecule has 3 aromatic rings. The summed E-state index contributed by atoms with van der Waals surface area (Å²) >= 11 is 1.60. The molecule has 19 heavy (non-hydrogen) atoms. The van der Waals surface area contributed by atoms with Crippen LogP contribution >= 0.6 is 11.3 Å². The van der Waals surface area contributed by atoms with Gasteiger partial charge in [-0.15, -0.1) is 11.3 Å². The van der Waals surface area contributed by atoms with Crippen molar-refractivity contribution in [3.05, 3.63) is 59.7 Å². The summed E-state index contributed by atoms with van der Waals surface area (Å²) in [6.07, 6.45) is 3.52. The van der Waals surface area contributed by atoms with Gasteiger partial charge < -0.3 is 0 Å². The molecule has 0 spiro atoms. The zero-order chi connectivity index (χ0) is 13.1. The molecule has 0 unspecified atom stereocenters. The highest BCUT2D eigenvalue weighted by atomic mass is 32.1. The number of nitrogens with zero attached hydrogens (tertiary/aromatic N) is 3. The van der Waals surface area contributed by atoms with E-state index < -0.39 is 0 Å². The fourth-order valence-electron chi connectivity index (χ4n) is 1.75. The van der Waals surface area contributed by atoms with Gasteiger partial charge in [0.25, 0.3) is 0 Å². The van der Waals surface area contributed by atoms with Crippen molar-refractivity contribution in [3.63, 3.8) is 0 Å². The molecule has 0 aliphatic heterocycles. The van der Waals surface area contributed by atoms with Crippen LogP contribution < -0.4 is 0 Å². The first-order valence-corrected chi connectivity index (χ1v) is 6.61. The summed E-state index contributed by atoms with van der Waals surface area (Å²) in [4.78, 5) is 8.62. The van der Waals surface area contributed by atoms with E-state index in [9.17, 15) is 0 Å². The van der Waals surface area contributed by atoms with Crippen LogP contribution in [0.4, 0.5) is 0 Å². The number of benzene rings is 1. The number of hydrogen-bond acceptors (Lipinski definition) is 4. The predicted octanol–water partition coefficient (Wildman–Crippen LogP) is 3.74. The van der Waals surface area contributed by atoms with Crippen LogP contribution in [0.5, 0.6) is 0 Å². The van der Waals surface area contributed by atoms with Crippen LogP contribution in [-0.2, 0) is 0 Å². The number of nitriles is 1. The lowest BCUT2D eigenvalue weighted by Gasteiger charge is -1.96. The maximum absolute atomic E-state index is 8.78. The molecule has 1 aromatic carbocycles. The van der Waals surface area contributed by atoms with Crippen LogP contribution in [0.1, 0.15) is 5.56 Å². The zero-order valence-electron chi connectivity index (χ0n) is 9.95. The van der Waals surface area contributed by atoms with Gasteiger partial charge in [0.1, 0.15) is 5.01 Å². The van der Waals surface area contributed by atoms with Gasteiger partial charge >= 0.3 is 0 Å². The molecule has 0 aliphatic carbocycles. The van der Waals surface area contributed by atoms with E-state index >= 15 is 0 Å². The molecule has 0 fully saturated rings. The molecule has 90 valence electrons. The molecule has 3 nitrogen and oxygen atoms in total. The predicted molar refractivity (Wildman–Crippen MR) is 75.5 cm³/mol. The summed E-state index contributed by atoms with van der Waals surface area (Å²) in [7, 11) is 0. The molecule has 0 atom stereocenters. The van der Waals surface area contributed by atoms with Crippen LogP contribution in [0.25, 0.3) is 21.8 Å². The van der Waals surface area contributed by atoms with Crippen molar-refractivity contribution in [1.82, 2.24) is 9.97 Å². The van der Waals surface area contributed by atoms with Crippen molar-refractivity contribution in [1.29, 1.82) is 5.26 Å². The Hall–Kier alpha value is -2.51. The molecule has 0 aliphatic rings. The molecular formula is C15H9N3S. The monoisotopic (exact) mass is 263 g/mol. The Morgan fingerprint density at radius 2 is 1.68 bits per heavy atom. The maximum atomic E-state index is 8.78. The molecule has 0 saturated heterocycles. The van der Waals surface area contributed by atoms with Gasteiger partial charge in [0, 0.05) is 28.9 Å². The van der Waals surface area contributed by atoms with Crippen molar-refractivity contribution in [2.75, 3.05) is 0 Å². The lowest BCUT2D eigenvalue weighted by atomic mass is 10.1. The summed E-state index contributed by atoms with van der Waals surface area (Å²) in [6.45, 7) is 0. The Bertz CT molecular complexity index is 724. The summed E-state index contributed by atoms with van der Waals surface area (Å²) in [5.41, 5.74) is 3.69. The van der Waals surface area contributed by atoms with Crippen LogP contribution in [0, 0.1) is 11.3 Å². The van der Waals surface area contributed by atoms with E-state index in [0.717, 1.165) is 21.8 Å². The first-order chi connectivity index (χ1) is 9.36. The van der Waals surface area contributed by atoms with Crippen molar-refractivity contribution < 1.29 is 0 Å². The van der Waals surface area contributed by atoms with Gasteiger partial charge in [-0.25, -0.2) is 4.98 Å². The molecular weight excluding hydrogens is 254 g/mol. The minimum atomic E-state index is 0.660. The van der Waals surface area contributed by atoms with E-state index in [1.807, 2.05) is 29.6 Å². The minimum absolute atomic E-state index is 0.660. The van der Waals surface area contributed by atoms with Crippen LogP contribution in [0.3, 0.4) is 0 Å². The first-order valence-electron chi connectivity index (χ1n) is 5.73. The maximum Gasteiger partial charge on any atom is 0.124 e. The van der Waals surface area contributed by atoms with E-state index in [1.54, 1.807) is 35.9 Å². The van der Waals surface area contributed by atoms with Crippen molar-refractivity contribution >= 4 is 11.3 Å². The molecule has 2 heterocycles. The van der Waals surface area contributed by atoms with Gasteiger partial charge in [-0.05, 0) is 24.3 Å². The third-order valence-corrected chi connectivity index (χ3v) is 3.63. The molecule has 0 bridgehead atoms. The summed E-state index contributed by atoms with van der Waals surface area (Å²) in [5, 5.41) is 11.8. The van der Waals surface area contributed by atoms with Crippen LogP contribution in [0.2, 0.25) is 0 Å². The molecule has 4 heteroatoms. The molecule has 0 saturated carbocycles. The Morgan fingerprint density at radius 3 is 2.37 bits per heavy atom. The number of rotatable bonds is 2. The fraction of sp³-hybridized carbons (Fsp3) is 0. The van der Waals surface area contributed by atoms with E-state index in [2.05, 4.69) is 16.0 Å². The number of pyridine rings is 1. The third-order valence-electron chi connectivity index (χ3n) is 2.74. The van der Waals surface area contributed by atoms with E-state index in [1.165, 1.54) is 0 Å². The lowest BCUT2D eigenvalue weighted by molar-refractivity contribution is 1.32. The van der Waals surface area contributed by atoms with E-state index in [4.69, 9.17) is 5.26 Å². The van der Waals surface area contributed by atoms with Crippen molar-refractivity contribution in [3.8, 4) is 27.9 Å². The largest absolute Gasteiger partial charge is 0.265 e. The van der Waals surface area contributed by atoms with E-state index in [0.29, 0.717) is 5.56 Å². The summed E-state index contributed by atoms with van der Waals surface area (Å²) in [6, 6.07) is 13.5. The number of thiazole rings is 1. The minimum Gasteiger partial charge on any atom is -0.265 e. The molecule has 0 radical (unpaired) electrons. The summed E-state index contributed by atoms with van der Waals surface area (Å²) < 4.78 is 0. The van der Waals surface area contributed by atoms with Gasteiger partial charge in [0.05, 0.1) is 17.3 Å². The summed E-state index contributed by atoms with van der Waals surface area (Å²) in [5.74, 6) is 0. The Labute approximate surface area is 114 Å². The Balaban J connectivity index is 1.95. The highest BCUT2D eigenvalue weighted by molar-refractivity contribution is 7.13. The van der Waals surface area contributed by atoms with Gasteiger partial charge in [0.2, 0.25) is 0 Å². The fourth-order valence-corrected chi connectivity index (χ4v) is 2.58. The number of hydrogen-bond donors (Lipinski definition) is 0. The first kappa shape index (κ1) is 11.6. The Morgan fingerprint density at radius 1 is 0.947 bits per heavy atom. The standard InChI is InChI=1S/C15H9N3S/c16-9-11-1-3-12(4-2-11)14-10-19-15(18-14)13-5-7-17-8-6-13/h1-8,10H. The lowest BCUT2D eigenvalue weighted by Crippen LogP contribution is -1.81. The Kier molecular flexibility index (Phi) is 3.05. The second kappa shape index (κ2) is 5.01. The van der Waals surface area contributed by atoms with Crippen molar-refractivity contribution in [2.24, 2.45) is 0 Å².